The number of hydrogen-bond acceptors (Lipinski definition) is 5. The molecule has 1 heterocycles. The zero-order valence-corrected chi connectivity index (χ0v) is 16.0. The number of anilines is 1. The number of carbonyl (C=O) groups excluding carboxylic acids is 1. The highest BCUT2D eigenvalue weighted by Crippen LogP contribution is 2.33. The van der Waals surface area contributed by atoms with Crippen LogP contribution in [0.3, 0.4) is 0 Å². The molecule has 29 heavy (non-hydrogen) atoms. The fourth-order valence-electron chi connectivity index (χ4n) is 2.97. The van der Waals surface area contributed by atoms with Crippen LogP contribution in [0, 0.1) is 22.9 Å². The first kappa shape index (κ1) is 18.7. The van der Waals surface area contributed by atoms with Crippen molar-refractivity contribution in [1.82, 2.24) is 4.98 Å². The van der Waals surface area contributed by atoms with Crippen LogP contribution in [0.4, 0.5) is 15.8 Å². The summed E-state index contributed by atoms with van der Waals surface area (Å²) in [6.07, 6.45) is 0. The number of carbonyl (C=O) groups is 1. The number of nitro groups is 1. The zero-order valence-electron chi connectivity index (χ0n) is 15.2. The minimum Gasteiger partial charge on any atom is -0.322 e. The van der Waals surface area contributed by atoms with Gasteiger partial charge in [0.05, 0.1) is 15.1 Å². The van der Waals surface area contributed by atoms with Gasteiger partial charge in [-0.15, -0.1) is 11.3 Å². The van der Waals surface area contributed by atoms with Crippen molar-refractivity contribution in [3.05, 3.63) is 87.7 Å². The highest BCUT2D eigenvalue weighted by molar-refractivity contribution is 7.21. The van der Waals surface area contributed by atoms with Crippen molar-refractivity contribution < 1.29 is 14.1 Å². The maximum atomic E-state index is 13.5. The number of halogens is 1. The quantitative estimate of drug-likeness (QED) is 0.354. The van der Waals surface area contributed by atoms with Gasteiger partial charge in [-0.1, -0.05) is 12.1 Å². The first-order valence-corrected chi connectivity index (χ1v) is 9.46. The van der Waals surface area contributed by atoms with Crippen molar-refractivity contribution in [2.24, 2.45) is 0 Å². The molecule has 0 radical (unpaired) electrons. The van der Waals surface area contributed by atoms with Crippen molar-refractivity contribution in [3.63, 3.8) is 0 Å². The van der Waals surface area contributed by atoms with E-state index in [-0.39, 0.29) is 5.56 Å². The third-order valence-electron chi connectivity index (χ3n) is 4.41. The molecule has 0 atom stereocenters. The van der Waals surface area contributed by atoms with E-state index in [1.165, 1.54) is 6.07 Å². The number of nitro benzene ring substituents is 1. The number of benzene rings is 3. The van der Waals surface area contributed by atoms with Gasteiger partial charge in [-0.25, -0.2) is 4.98 Å². The molecule has 6 nitrogen and oxygen atoms in total. The topological polar surface area (TPSA) is 85.1 Å². The van der Waals surface area contributed by atoms with Gasteiger partial charge in [-0.2, -0.15) is 4.39 Å². The van der Waals surface area contributed by atoms with Crippen LogP contribution in [-0.4, -0.2) is 15.8 Å². The van der Waals surface area contributed by atoms with Gasteiger partial charge in [0.2, 0.25) is 5.82 Å². The van der Waals surface area contributed by atoms with Gasteiger partial charge in [0.25, 0.3) is 5.91 Å². The predicted octanol–water partition coefficient (Wildman–Crippen LogP) is 5.57. The molecule has 144 valence electrons. The third kappa shape index (κ3) is 3.70. The van der Waals surface area contributed by atoms with Crippen molar-refractivity contribution in [1.29, 1.82) is 0 Å². The van der Waals surface area contributed by atoms with Crippen LogP contribution in [0.2, 0.25) is 0 Å². The molecule has 0 spiro atoms. The fraction of sp³-hybridized carbons (Fsp3) is 0.0476. The zero-order chi connectivity index (χ0) is 20.5. The Morgan fingerprint density at radius 2 is 1.93 bits per heavy atom. The summed E-state index contributed by atoms with van der Waals surface area (Å²) in [7, 11) is 0. The van der Waals surface area contributed by atoms with E-state index >= 15 is 0 Å². The molecule has 0 fully saturated rings. The Hall–Kier alpha value is -3.65. The summed E-state index contributed by atoms with van der Waals surface area (Å²) in [6, 6.07) is 16.3. The molecule has 0 aliphatic rings. The van der Waals surface area contributed by atoms with Crippen LogP contribution in [0.1, 0.15) is 15.9 Å². The second kappa shape index (κ2) is 7.40. The van der Waals surface area contributed by atoms with Gasteiger partial charge < -0.3 is 5.32 Å². The summed E-state index contributed by atoms with van der Waals surface area (Å²) in [5, 5.41) is 14.4. The molecule has 8 heteroatoms. The van der Waals surface area contributed by atoms with Gasteiger partial charge >= 0.3 is 5.69 Å². The minimum atomic E-state index is -0.984. The number of fused-ring (bicyclic) bond motifs is 1. The van der Waals surface area contributed by atoms with E-state index in [0.29, 0.717) is 5.69 Å². The number of para-hydroxylation sites is 1. The predicted molar refractivity (Wildman–Crippen MR) is 111 cm³/mol. The number of thiazole rings is 1. The smallest absolute Gasteiger partial charge is 0.305 e. The van der Waals surface area contributed by atoms with Gasteiger partial charge in [-0.05, 0) is 55.0 Å². The van der Waals surface area contributed by atoms with Crippen LogP contribution >= 0.6 is 11.3 Å². The Kier molecular flexibility index (Phi) is 4.77. The minimum absolute atomic E-state index is 0.00556. The Balaban J connectivity index is 1.59. The molecule has 0 saturated carbocycles. The number of amides is 1. The largest absolute Gasteiger partial charge is 0.322 e. The number of rotatable bonds is 4. The van der Waals surface area contributed by atoms with Gasteiger partial charge in [0.15, 0.2) is 0 Å². The number of aryl methyl sites for hydroxylation is 1. The molecule has 0 unspecified atom stereocenters. The molecule has 4 aromatic rings. The summed E-state index contributed by atoms with van der Waals surface area (Å²) in [6.45, 7) is 1.92. The molecule has 4 rings (SSSR count). The van der Waals surface area contributed by atoms with E-state index in [1.807, 2.05) is 37.3 Å². The van der Waals surface area contributed by atoms with E-state index in [2.05, 4.69) is 10.3 Å². The number of aromatic nitrogens is 1. The fourth-order valence-corrected chi connectivity index (χ4v) is 4.02. The van der Waals surface area contributed by atoms with Crippen molar-refractivity contribution in [2.45, 2.75) is 6.92 Å². The first-order valence-electron chi connectivity index (χ1n) is 8.64. The standard InChI is InChI=1S/C21H14FN3O3S/c1-12-10-14(23-20(26)13-6-9-16(22)18(11-13)25(27)28)7-8-15(12)21-24-17-4-2-3-5-19(17)29-21/h2-11H,1H3,(H,23,26). The summed E-state index contributed by atoms with van der Waals surface area (Å²) in [4.78, 5) is 27.1. The van der Waals surface area contributed by atoms with E-state index in [9.17, 15) is 19.3 Å². The van der Waals surface area contributed by atoms with Crippen molar-refractivity contribution in [2.75, 3.05) is 5.32 Å². The van der Waals surface area contributed by atoms with Crippen molar-refractivity contribution >= 4 is 38.8 Å². The van der Waals surface area contributed by atoms with E-state index < -0.39 is 22.3 Å². The molecule has 3 aromatic carbocycles. The average molecular weight is 407 g/mol. The maximum absolute atomic E-state index is 13.5. The second-order valence-electron chi connectivity index (χ2n) is 6.39. The average Bonchev–Trinajstić information content (AvgIpc) is 3.12. The first-order chi connectivity index (χ1) is 13.9. The highest BCUT2D eigenvalue weighted by atomic mass is 32.1. The molecular formula is C21H14FN3O3S. The van der Waals surface area contributed by atoms with Crippen LogP contribution in [0.5, 0.6) is 0 Å². The summed E-state index contributed by atoms with van der Waals surface area (Å²) < 4.78 is 14.6. The lowest BCUT2D eigenvalue weighted by Gasteiger charge is -2.09. The van der Waals surface area contributed by atoms with E-state index in [1.54, 1.807) is 23.5 Å². The number of nitrogens with zero attached hydrogens (tertiary/aromatic N) is 2. The van der Waals surface area contributed by atoms with Crippen LogP contribution < -0.4 is 5.32 Å². The molecule has 0 aliphatic heterocycles. The SMILES string of the molecule is Cc1cc(NC(=O)c2ccc(F)c([N+](=O)[O-])c2)ccc1-c1nc2ccccc2s1. The number of nitrogens with one attached hydrogen (secondary N) is 1. The van der Waals surface area contributed by atoms with Gasteiger partial charge in [0, 0.05) is 22.9 Å². The molecule has 0 aliphatic carbocycles. The lowest BCUT2D eigenvalue weighted by molar-refractivity contribution is -0.387. The van der Waals surface area contributed by atoms with E-state index in [4.69, 9.17) is 0 Å². The Labute approximate surface area is 168 Å². The lowest BCUT2D eigenvalue weighted by Crippen LogP contribution is -2.12. The summed E-state index contributed by atoms with van der Waals surface area (Å²) >= 11 is 1.59. The normalized spacial score (nSPS) is 10.8. The Morgan fingerprint density at radius 1 is 1.14 bits per heavy atom. The molecule has 0 bridgehead atoms. The molecule has 1 aromatic heterocycles. The van der Waals surface area contributed by atoms with Crippen molar-refractivity contribution in [3.8, 4) is 10.6 Å². The third-order valence-corrected chi connectivity index (χ3v) is 5.48. The summed E-state index contributed by atoms with van der Waals surface area (Å²) in [5.74, 6) is -1.54. The monoisotopic (exact) mass is 407 g/mol. The lowest BCUT2D eigenvalue weighted by atomic mass is 10.1. The second-order valence-corrected chi connectivity index (χ2v) is 7.42. The van der Waals surface area contributed by atoms with Gasteiger partial charge in [0.1, 0.15) is 5.01 Å². The Bertz CT molecular complexity index is 1240. The number of hydrogen-bond donors (Lipinski definition) is 1. The molecule has 1 amide bonds. The Morgan fingerprint density at radius 3 is 2.66 bits per heavy atom. The van der Waals surface area contributed by atoms with E-state index in [0.717, 1.165) is 38.5 Å². The van der Waals surface area contributed by atoms with Crippen LogP contribution in [-0.2, 0) is 0 Å². The van der Waals surface area contributed by atoms with Crippen LogP contribution in [0.15, 0.2) is 60.7 Å². The van der Waals surface area contributed by atoms with Crippen LogP contribution in [0.25, 0.3) is 20.8 Å². The molecule has 0 saturated heterocycles. The summed E-state index contributed by atoms with van der Waals surface area (Å²) in [5.41, 5.74) is 2.62. The maximum Gasteiger partial charge on any atom is 0.305 e. The molecule has 1 N–H and O–H groups in total. The van der Waals surface area contributed by atoms with Gasteiger partial charge in [-0.3, -0.25) is 14.9 Å². The highest BCUT2D eigenvalue weighted by Gasteiger charge is 2.18. The molecular weight excluding hydrogens is 393 g/mol.